The third-order valence-corrected chi connectivity index (χ3v) is 4.73. The number of carbonyl (C=O) groups excluding carboxylic acids is 1. The van der Waals surface area contributed by atoms with E-state index in [9.17, 15) is 13.2 Å². The summed E-state index contributed by atoms with van der Waals surface area (Å²) in [5, 5.41) is 8.89. The second-order valence-corrected chi connectivity index (χ2v) is 7.18. The lowest BCUT2D eigenvalue weighted by molar-refractivity contribution is -0.116. The summed E-state index contributed by atoms with van der Waals surface area (Å²) in [7, 11) is -3.70. The van der Waals surface area contributed by atoms with Gasteiger partial charge in [0.1, 0.15) is 0 Å². The third kappa shape index (κ3) is 4.20. The number of benzene rings is 2. The summed E-state index contributed by atoms with van der Waals surface area (Å²) in [5.74, 6) is -0.131. The first-order chi connectivity index (χ1) is 11.9. The van der Waals surface area contributed by atoms with Crippen molar-refractivity contribution in [2.24, 2.45) is 5.14 Å². The van der Waals surface area contributed by atoms with E-state index in [2.05, 4.69) is 10.3 Å². The van der Waals surface area contributed by atoms with Crippen molar-refractivity contribution in [3.63, 3.8) is 0 Å². The van der Waals surface area contributed by atoms with E-state index in [1.54, 1.807) is 18.3 Å². The first kappa shape index (κ1) is 17.1. The Balaban J connectivity index is 1.65. The lowest BCUT2D eigenvalue weighted by Crippen LogP contribution is -2.13. The number of pyridine rings is 1. The summed E-state index contributed by atoms with van der Waals surface area (Å²) in [6.07, 6.45) is 2.46. The largest absolute Gasteiger partial charge is 0.324 e. The van der Waals surface area contributed by atoms with Crippen LogP contribution in [0.2, 0.25) is 0 Å². The number of sulfonamides is 1. The summed E-state index contributed by atoms with van der Waals surface area (Å²) >= 11 is 0. The van der Waals surface area contributed by atoms with Crippen molar-refractivity contribution in [1.29, 1.82) is 0 Å². The number of nitrogens with two attached hydrogens (primary N) is 1. The number of aromatic nitrogens is 1. The predicted octanol–water partition coefficient (Wildman–Crippen LogP) is 2.45. The minimum Gasteiger partial charge on any atom is -0.324 e. The number of primary sulfonamides is 1. The molecule has 0 aliphatic rings. The highest BCUT2D eigenvalue weighted by Gasteiger charge is 2.09. The molecule has 6 nitrogen and oxygen atoms in total. The number of anilines is 1. The molecule has 0 aliphatic carbocycles. The van der Waals surface area contributed by atoms with Gasteiger partial charge in [0.25, 0.3) is 0 Å². The van der Waals surface area contributed by atoms with Crippen LogP contribution in [0.15, 0.2) is 65.7 Å². The zero-order chi connectivity index (χ0) is 17.9. The molecule has 0 spiro atoms. The third-order valence-electron chi connectivity index (χ3n) is 3.80. The molecule has 0 unspecified atom stereocenters. The van der Waals surface area contributed by atoms with Crippen LogP contribution in [0.25, 0.3) is 10.9 Å². The monoisotopic (exact) mass is 355 g/mol. The molecule has 0 saturated carbocycles. The van der Waals surface area contributed by atoms with Crippen LogP contribution < -0.4 is 10.5 Å². The van der Waals surface area contributed by atoms with Crippen LogP contribution in [0.4, 0.5) is 5.69 Å². The molecule has 1 aromatic heterocycles. The van der Waals surface area contributed by atoms with E-state index in [1.807, 2.05) is 30.3 Å². The Morgan fingerprint density at radius 2 is 1.76 bits per heavy atom. The SMILES string of the molecule is NS(=O)(=O)c1ccc(CCC(=O)Nc2cccc3cccnc23)cc1. The maximum absolute atomic E-state index is 12.2. The van der Waals surface area contributed by atoms with Gasteiger partial charge in [0.05, 0.1) is 16.1 Å². The molecule has 1 amide bonds. The van der Waals surface area contributed by atoms with Gasteiger partial charge in [-0.15, -0.1) is 0 Å². The molecule has 25 heavy (non-hydrogen) atoms. The van der Waals surface area contributed by atoms with Crippen LogP contribution >= 0.6 is 0 Å². The van der Waals surface area contributed by atoms with Gasteiger partial charge in [0, 0.05) is 18.0 Å². The highest BCUT2D eigenvalue weighted by Crippen LogP contribution is 2.21. The highest BCUT2D eigenvalue weighted by molar-refractivity contribution is 7.89. The Bertz CT molecular complexity index is 1010. The van der Waals surface area contributed by atoms with E-state index < -0.39 is 10.0 Å². The lowest BCUT2D eigenvalue weighted by Gasteiger charge is -2.08. The van der Waals surface area contributed by atoms with Gasteiger partial charge in [-0.05, 0) is 36.2 Å². The summed E-state index contributed by atoms with van der Waals surface area (Å²) in [6, 6.07) is 15.6. The Labute approximate surface area is 145 Å². The molecule has 3 aromatic rings. The zero-order valence-electron chi connectivity index (χ0n) is 13.3. The van der Waals surface area contributed by atoms with Crippen LogP contribution in [-0.4, -0.2) is 19.3 Å². The second-order valence-electron chi connectivity index (χ2n) is 5.62. The van der Waals surface area contributed by atoms with Crippen molar-refractivity contribution in [1.82, 2.24) is 4.98 Å². The van der Waals surface area contributed by atoms with Crippen LogP contribution in [0.1, 0.15) is 12.0 Å². The summed E-state index contributed by atoms with van der Waals surface area (Å²) in [6.45, 7) is 0. The Morgan fingerprint density at radius 3 is 2.48 bits per heavy atom. The summed E-state index contributed by atoms with van der Waals surface area (Å²) in [5.41, 5.74) is 2.28. The maximum atomic E-state index is 12.2. The second kappa shape index (κ2) is 7.00. The van der Waals surface area contributed by atoms with Crippen molar-refractivity contribution in [2.75, 3.05) is 5.32 Å². The molecular formula is C18H17N3O3S. The highest BCUT2D eigenvalue weighted by atomic mass is 32.2. The van der Waals surface area contributed by atoms with Gasteiger partial charge in [-0.1, -0.05) is 30.3 Å². The van der Waals surface area contributed by atoms with Crippen molar-refractivity contribution >= 4 is 32.5 Å². The minimum absolute atomic E-state index is 0.0579. The summed E-state index contributed by atoms with van der Waals surface area (Å²) in [4.78, 5) is 16.6. The molecule has 3 rings (SSSR count). The van der Waals surface area contributed by atoms with Gasteiger partial charge in [-0.2, -0.15) is 0 Å². The fraction of sp³-hybridized carbons (Fsp3) is 0.111. The lowest BCUT2D eigenvalue weighted by atomic mass is 10.1. The van der Waals surface area contributed by atoms with Crippen LogP contribution in [0, 0.1) is 0 Å². The predicted molar refractivity (Wildman–Crippen MR) is 96.5 cm³/mol. The smallest absolute Gasteiger partial charge is 0.238 e. The van der Waals surface area contributed by atoms with Crippen LogP contribution in [-0.2, 0) is 21.2 Å². The minimum atomic E-state index is -3.70. The molecule has 0 bridgehead atoms. The number of nitrogens with zero attached hydrogens (tertiary/aromatic N) is 1. The molecule has 128 valence electrons. The number of hydrogen-bond donors (Lipinski definition) is 2. The number of rotatable bonds is 5. The normalized spacial score (nSPS) is 11.4. The quantitative estimate of drug-likeness (QED) is 0.734. The number of nitrogens with one attached hydrogen (secondary N) is 1. The average Bonchev–Trinajstić information content (AvgIpc) is 2.60. The Hall–Kier alpha value is -2.77. The van der Waals surface area contributed by atoms with E-state index in [4.69, 9.17) is 5.14 Å². The number of carbonyl (C=O) groups is 1. The van der Waals surface area contributed by atoms with Gasteiger partial charge in [-0.25, -0.2) is 13.6 Å². The van der Waals surface area contributed by atoms with Crippen molar-refractivity contribution < 1.29 is 13.2 Å². The number of hydrogen-bond acceptors (Lipinski definition) is 4. The van der Waals surface area contributed by atoms with Crippen LogP contribution in [0.5, 0.6) is 0 Å². The fourth-order valence-electron chi connectivity index (χ4n) is 2.52. The molecule has 0 saturated heterocycles. The maximum Gasteiger partial charge on any atom is 0.238 e. The molecular weight excluding hydrogens is 338 g/mol. The Kier molecular flexibility index (Phi) is 4.78. The standard InChI is InChI=1S/C18H17N3O3S/c19-25(23,24)15-9-6-13(7-10-15)8-11-17(22)21-16-5-1-3-14-4-2-12-20-18(14)16/h1-7,9-10,12H,8,11H2,(H,21,22)(H2,19,23,24). The molecule has 2 aromatic carbocycles. The van der Waals surface area contributed by atoms with E-state index in [0.29, 0.717) is 12.1 Å². The molecule has 1 heterocycles. The molecule has 0 radical (unpaired) electrons. The van der Waals surface area contributed by atoms with Crippen LogP contribution in [0.3, 0.4) is 0 Å². The van der Waals surface area contributed by atoms with Crippen molar-refractivity contribution in [3.8, 4) is 0 Å². The van der Waals surface area contributed by atoms with Gasteiger partial charge in [0.2, 0.25) is 15.9 Å². The van der Waals surface area contributed by atoms with Gasteiger partial charge in [-0.3, -0.25) is 9.78 Å². The van der Waals surface area contributed by atoms with Crippen molar-refractivity contribution in [3.05, 3.63) is 66.4 Å². The Morgan fingerprint density at radius 1 is 1.04 bits per heavy atom. The molecule has 7 heteroatoms. The van der Waals surface area contributed by atoms with E-state index >= 15 is 0 Å². The fourth-order valence-corrected chi connectivity index (χ4v) is 3.04. The first-order valence-electron chi connectivity index (χ1n) is 7.69. The zero-order valence-corrected chi connectivity index (χ0v) is 14.2. The van der Waals surface area contributed by atoms with E-state index in [-0.39, 0.29) is 17.2 Å². The van der Waals surface area contributed by atoms with E-state index in [0.717, 1.165) is 16.5 Å². The van der Waals surface area contributed by atoms with Gasteiger partial charge < -0.3 is 5.32 Å². The van der Waals surface area contributed by atoms with E-state index in [1.165, 1.54) is 12.1 Å². The van der Waals surface area contributed by atoms with Crippen molar-refractivity contribution in [2.45, 2.75) is 17.7 Å². The number of amides is 1. The molecule has 0 atom stereocenters. The topological polar surface area (TPSA) is 102 Å². The number of fused-ring (bicyclic) bond motifs is 1. The summed E-state index contributed by atoms with van der Waals surface area (Å²) < 4.78 is 22.5. The number of para-hydroxylation sites is 1. The number of aryl methyl sites for hydroxylation is 1. The van der Waals surface area contributed by atoms with Gasteiger partial charge >= 0.3 is 0 Å². The average molecular weight is 355 g/mol. The molecule has 3 N–H and O–H groups in total. The van der Waals surface area contributed by atoms with Gasteiger partial charge in [0.15, 0.2) is 0 Å². The molecule has 0 aliphatic heterocycles. The first-order valence-corrected chi connectivity index (χ1v) is 9.23. The molecule has 0 fully saturated rings.